The largest absolute Gasteiger partial charge is 0.481 e. The zero-order chi connectivity index (χ0) is 11.3. The van der Waals surface area contributed by atoms with Gasteiger partial charge in [0.2, 0.25) is 0 Å². The number of hydrogen-bond acceptors (Lipinski definition) is 3. The first-order valence-electron chi connectivity index (χ1n) is 5.17. The molecule has 3 rings (SSSR count). The van der Waals surface area contributed by atoms with E-state index in [9.17, 15) is 9.59 Å². The molecule has 1 saturated carbocycles. The molecule has 4 nitrogen and oxygen atoms in total. The number of carbonyl (C=O) groups is 2. The summed E-state index contributed by atoms with van der Waals surface area (Å²) in [5, 5.41) is 9.16. The Balaban J connectivity index is 2.08. The van der Waals surface area contributed by atoms with Crippen molar-refractivity contribution in [1.29, 1.82) is 0 Å². The Morgan fingerprint density at radius 3 is 2.75 bits per heavy atom. The number of benzene rings is 1. The van der Waals surface area contributed by atoms with E-state index >= 15 is 0 Å². The fourth-order valence-electron chi connectivity index (χ4n) is 2.16. The standard InChI is InChI=1S/C12H10O4/c13-10-9-5-8(2-1-7(9)6-16-10)12(3-4-12)11(14)15/h1-2,5H,3-4,6H2,(H,14,15). The highest BCUT2D eigenvalue weighted by Crippen LogP contribution is 2.49. The summed E-state index contributed by atoms with van der Waals surface area (Å²) in [4.78, 5) is 22.5. The van der Waals surface area contributed by atoms with Crippen LogP contribution in [0.5, 0.6) is 0 Å². The van der Waals surface area contributed by atoms with Crippen LogP contribution in [0, 0.1) is 0 Å². The number of aliphatic carboxylic acids is 1. The Labute approximate surface area is 91.8 Å². The lowest BCUT2D eigenvalue weighted by molar-refractivity contribution is -0.140. The van der Waals surface area contributed by atoms with E-state index in [1.54, 1.807) is 18.2 Å². The first-order valence-corrected chi connectivity index (χ1v) is 5.17. The molecule has 0 radical (unpaired) electrons. The fourth-order valence-corrected chi connectivity index (χ4v) is 2.16. The quantitative estimate of drug-likeness (QED) is 0.763. The van der Waals surface area contributed by atoms with Crippen LogP contribution in [-0.4, -0.2) is 17.0 Å². The maximum atomic E-state index is 11.4. The maximum Gasteiger partial charge on any atom is 0.338 e. The monoisotopic (exact) mass is 218 g/mol. The van der Waals surface area contributed by atoms with Crippen molar-refractivity contribution in [1.82, 2.24) is 0 Å². The SMILES string of the molecule is O=C1OCc2ccc(C3(C(=O)O)CC3)cc21. The minimum atomic E-state index is -0.807. The van der Waals surface area contributed by atoms with Gasteiger partial charge in [-0.1, -0.05) is 12.1 Å². The highest BCUT2D eigenvalue weighted by Gasteiger charge is 2.52. The first kappa shape index (κ1) is 9.39. The van der Waals surface area contributed by atoms with Crippen molar-refractivity contribution >= 4 is 11.9 Å². The van der Waals surface area contributed by atoms with Crippen molar-refractivity contribution in [3.05, 3.63) is 34.9 Å². The van der Waals surface area contributed by atoms with E-state index in [0.717, 1.165) is 11.1 Å². The van der Waals surface area contributed by atoms with Crippen molar-refractivity contribution in [2.45, 2.75) is 24.9 Å². The molecule has 4 heteroatoms. The fraction of sp³-hybridized carbons (Fsp3) is 0.333. The van der Waals surface area contributed by atoms with Crippen LogP contribution in [0.4, 0.5) is 0 Å². The molecule has 1 N–H and O–H groups in total. The molecule has 0 atom stereocenters. The summed E-state index contributed by atoms with van der Waals surface area (Å²) in [6.07, 6.45) is 1.30. The van der Waals surface area contributed by atoms with Gasteiger partial charge >= 0.3 is 11.9 Å². The lowest BCUT2D eigenvalue weighted by atomic mass is 9.93. The van der Waals surface area contributed by atoms with Crippen LogP contribution >= 0.6 is 0 Å². The lowest BCUT2D eigenvalue weighted by Gasteiger charge is -2.10. The van der Waals surface area contributed by atoms with E-state index in [1.165, 1.54) is 0 Å². The predicted molar refractivity (Wildman–Crippen MR) is 54.1 cm³/mol. The van der Waals surface area contributed by atoms with Crippen molar-refractivity contribution in [2.75, 3.05) is 0 Å². The highest BCUT2D eigenvalue weighted by molar-refractivity contribution is 5.94. The van der Waals surface area contributed by atoms with Crippen molar-refractivity contribution in [3.63, 3.8) is 0 Å². The summed E-state index contributed by atoms with van der Waals surface area (Å²) in [5.41, 5.74) is 1.33. The average Bonchev–Trinajstić information content (AvgIpc) is 3.01. The predicted octanol–water partition coefficient (Wildman–Crippen LogP) is 1.47. The third-order valence-electron chi connectivity index (χ3n) is 3.40. The molecule has 0 unspecified atom stereocenters. The van der Waals surface area contributed by atoms with Crippen molar-refractivity contribution in [3.8, 4) is 0 Å². The topological polar surface area (TPSA) is 63.6 Å². The minimum Gasteiger partial charge on any atom is -0.481 e. The van der Waals surface area contributed by atoms with E-state index in [0.29, 0.717) is 25.0 Å². The molecular formula is C12H10O4. The molecule has 2 aliphatic rings. The summed E-state index contributed by atoms with van der Waals surface area (Å²) >= 11 is 0. The van der Waals surface area contributed by atoms with Gasteiger partial charge in [-0.3, -0.25) is 4.79 Å². The third-order valence-corrected chi connectivity index (χ3v) is 3.40. The molecule has 0 bridgehead atoms. The number of fused-ring (bicyclic) bond motifs is 1. The number of cyclic esters (lactones) is 1. The van der Waals surface area contributed by atoms with Gasteiger partial charge in [0.15, 0.2) is 0 Å². The molecule has 0 amide bonds. The van der Waals surface area contributed by atoms with Gasteiger partial charge in [0.1, 0.15) is 6.61 Å². The number of rotatable bonds is 2. The summed E-state index contributed by atoms with van der Waals surface area (Å²) in [6.45, 7) is 0.300. The smallest absolute Gasteiger partial charge is 0.338 e. The van der Waals surface area contributed by atoms with Crippen LogP contribution < -0.4 is 0 Å². The van der Waals surface area contributed by atoms with Crippen LogP contribution in [0.3, 0.4) is 0 Å². The van der Waals surface area contributed by atoms with Gasteiger partial charge in [0, 0.05) is 5.56 Å². The van der Waals surface area contributed by atoms with E-state index in [-0.39, 0.29) is 5.97 Å². The molecule has 0 spiro atoms. The molecule has 0 saturated heterocycles. The number of carboxylic acids is 1. The third kappa shape index (κ3) is 1.10. The highest BCUT2D eigenvalue weighted by atomic mass is 16.5. The molecule has 16 heavy (non-hydrogen) atoms. The van der Waals surface area contributed by atoms with Gasteiger partial charge in [-0.2, -0.15) is 0 Å². The molecular weight excluding hydrogens is 208 g/mol. The molecule has 82 valence electrons. The number of esters is 1. The molecule has 1 aromatic rings. The van der Waals surface area contributed by atoms with Crippen LogP contribution in [-0.2, 0) is 21.6 Å². The van der Waals surface area contributed by atoms with Gasteiger partial charge in [-0.05, 0) is 24.5 Å². The van der Waals surface area contributed by atoms with Crippen molar-refractivity contribution in [2.24, 2.45) is 0 Å². The van der Waals surface area contributed by atoms with Crippen LogP contribution in [0.15, 0.2) is 18.2 Å². The molecule has 1 aromatic carbocycles. The molecule has 1 fully saturated rings. The number of carbonyl (C=O) groups excluding carboxylic acids is 1. The summed E-state index contributed by atoms with van der Waals surface area (Å²) in [5.74, 6) is -1.16. The Morgan fingerprint density at radius 2 is 2.12 bits per heavy atom. The van der Waals surface area contributed by atoms with E-state index < -0.39 is 11.4 Å². The minimum absolute atomic E-state index is 0.300. The first-order chi connectivity index (χ1) is 7.63. The Bertz CT molecular complexity index is 500. The summed E-state index contributed by atoms with van der Waals surface area (Å²) in [7, 11) is 0. The lowest BCUT2D eigenvalue weighted by Crippen LogP contribution is -2.19. The Kier molecular flexibility index (Phi) is 1.67. The number of ether oxygens (including phenoxy) is 1. The maximum absolute atomic E-state index is 11.4. The van der Waals surface area contributed by atoms with E-state index in [1.807, 2.05) is 0 Å². The summed E-state index contributed by atoms with van der Waals surface area (Å²) < 4.78 is 4.89. The zero-order valence-electron chi connectivity index (χ0n) is 8.53. The molecule has 1 aliphatic carbocycles. The molecule has 1 heterocycles. The van der Waals surface area contributed by atoms with Crippen LogP contribution in [0.25, 0.3) is 0 Å². The number of hydrogen-bond donors (Lipinski definition) is 1. The Hall–Kier alpha value is -1.84. The van der Waals surface area contributed by atoms with Gasteiger partial charge in [-0.25, -0.2) is 4.79 Å². The molecule has 1 aliphatic heterocycles. The number of carboxylic acid groups (broad SMARTS) is 1. The zero-order valence-corrected chi connectivity index (χ0v) is 8.53. The van der Waals surface area contributed by atoms with E-state index in [4.69, 9.17) is 9.84 Å². The van der Waals surface area contributed by atoms with Gasteiger partial charge in [0.25, 0.3) is 0 Å². The van der Waals surface area contributed by atoms with Gasteiger partial charge < -0.3 is 9.84 Å². The molecule has 0 aromatic heterocycles. The van der Waals surface area contributed by atoms with Gasteiger partial charge in [-0.15, -0.1) is 0 Å². The van der Waals surface area contributed by atoms with Crippen molar-refractivity contribution < 1.29 is 19.4 Å². The summed E-state index contributed by atoms with van der Waals surface area (Å²) in [6, 6.07) is 5.26. The average molecular weight is 218 g/mol. The van der Waals surface area contributed by atoms with Gasteiger partial charge in [0.05, 0.1) is 11.0 Å². The van der Waals surface area contributed by atoms with Crippen LogP contribution in [0.1, 0.15) is 34.3 Å². The normalized spacial score (nSPS) is 20.1. The van der Waals surface area contributed by atoms with E-state index in [2.05, 4.69) is 0 Å². The second kappa shape index (κ2) is 2.84. The second-order valence-electron chi connectivity index (χ2n) is 4.34. The van der Waals surface area contributed by atoms with Crippen LogP contribution in [0.2, 0.25) is 0 Å². The second-order valence-corrected chi connectivity index (χ2v) is 4.34. The Morgan fingerprint density at radius 1 is 1.38 bits per heavy atom.